The van der Waals surface area contributed by atoms with Gasteiger partial charge in [0.2, 0.25) is 10.0 Å². The molecule has 0 aliphatic rings. The number of nitrogens with one attached hydrogen (secondary N) is 1. The summed E-state index contributed by atoms with van der Waals surface area (Å²) in [5.41, 5.74) is -0.0571. The largest absolute Gasteiger partial charge is 0.476 e. The number of sulfonamides is 1. The lowest BCUT2D eigenvalue weighted by atomic mass is 10.5. The molecule has 1 aromatic heterocycles. The Morgan fingerprint density at radius 2 is 2.31 bits per heavy atom. The van der Waals surface area contributed by atoms with Gasteiger partial charge < -0.3 is 9.67 Å². The third-order valence-corrected chi connectivity index (χ3v) is 3.33. The van der Waals surface area contributed by atoms with Crippen molar-refractivity contribution in [2.24, 2.45) is 0 Å². The Labute approximate surface area is 93.2 Å². The minimum absolute atomic E-state index is 0.0251. The molecule has 0 aliphatic heterocycles. The second kappa shape index (κ2) is 5.08. The van der Waals surface area contributed by atoms with Crippen LogP contribution in [-0.2, 0) is 16.6 Å². The Bertz CT molecular complexity index is 465. The fourth-order valence-corrected chi connectivity index (χ4v) is 1.63. The molecule has 2 N–H and O–H groups in total. The van der Waals surface area contributed by atoms with Crippen LogP contribution in [0.2, 0.25) is 0 Å². The maximum Gasteiger partial charge on any atom is 0.356 e. The van der Waals surface area contributed by atoms with E-state index in [0.29, 0.717) is 6.54 Å². The van der Waals surface area contributed by atoms with Gasteiger partial charge in [-0.05, 0) is 6.92 Å². The normalized spacial score (nSPS) is 11.6. The van der Waals surface area contributed by atoms with Crippen LogP contribution in [0.3, 0.4) is 0 Å². The maximum atomic E-state index is 11.1. The highest BCUT2D eigenvalue weighted by atomic mass is 32.2. The van der Waals surface area contributed by atoms with E-state index in [4.69, 9.17) is 5.11 Å². The predicted octanol–water partition coefficient (Wildman–Crippen LogP) is -0.479. The fourth-order valence-electron chi connectivity index (χ4n) is 1.03. The molecule has 0 saturated heterocycles. The highest BCUT2D eigenvalue weighted by molar-refractivity contribution is 7.89. The first-order valence-corrected chi connectivity index (χ1v) is 6.32. The number of nitrogens with zero attached hydrogens (tertiary/aromatic N) is 2. The predicted molar refractivity (Wildman–Crippen MR) is 56.6 cm³/mol. The first kappa shape index (κ1) is 12.7. The van der Waals surface area contributed by atoms with E-state index < -0.39 is 16.0 Å². The van der Waals surface area contributed by atoms with Gasteiger partial charge in [0.25, 0.3) is 0 Å². The van der Waals surface area contributed by atoms with E-state index in [1.165, 1.54) is 17.1 Å². The second-order valence-electron chi connectivity index (χ2n) is 3.10. The Hall–Kier alpha value is -1.41. The topological polar surface area (TPSA) is 101 Å². The molecule has 0 fully saturated rings. The van der Waals surface area contributed by atoms with E-state index in [-0.39, 0.29) is 18.0 Å². The quantitative estimate of drug-likeness (QED) is 0.707. The number of aromatic nitrogens is 2. The molecule has 8 heteroatoms. The number of carboxylic acids is 1. The summed E-state index contributed by atoms with van der Waals surface area (Å²) >= 11 is 0. The Morgan fingerprint density at radius 3 is 2.81 bits per heavy atom. The summed E-state index contributed by atoms with van der Waals surface area (Å²) in [4.78, 5) is 14.1. The van der Waals surface area contributed by atoms with Gasteiger partial charge in [-0.3, -0.25) is 0 Å². The summed E-state index contributed by atoms with van der Waals surface area (Å²) in [5, 5.41) is 8.60. The summed E-state index contributed by atoms with van der Waals surface area (Å²) < 4.78 is 26.0. The minimum Gasteiger partial charge on any atom is -0.476 e. The third kappa shape index (κ3) is 3.63. The molecule has 0 bridgehead atoms. The van der Waals surface area contributed by atoms with E-state index in [2.05, 4.69) is 9.71 Å². The van der Waals surface area contributed by atoms with Gasteiger partial charge >= 0.3 is 5.97 Å². The van der Waals surface area contributed by atoms with E-state index in [1.54, 1.807) is 6.92 Å². The van der Waals surface area contributed by atoms with Crippen LogP contribution in [0.15, 0.2) is 12.5 Å². The monoisotopic (exact) mass is 247 g/mol. The Morgan fingerprint density at radius 1 is 1.62 bits per heavy atom. The Kier molecular flexibility index (Phi) is 4.02. The van der Waals surface area contributed by atoms with Crippen molar-refractivity contribution in [2.45, 2.75) is 13.5 Å². The number of carboxylic acid groups (broad SMARTS) is 1. The molecule has 0 aromatic carbocycles. The number of hydrogen-bond acceptors (Lipinski definition) is 4. The lowest BCUT2D eigenvalue weighted by Gasteiger charge is -2.04. The first-order valence-electron chi connectivity index (χ1n) is 4.67. The molecule has 1 aromatic rings. The van der Waals surface area contributed by atoms with Crippen molar-refractivity contribution in [3.63, 3.8) is 0 Å². The second-order valence-corrected chi connectivity index (χ2v) is 5.20. The van der Waals surface area contributed by atoms with Crippen LogP contribution in [0.25, 0.3) is 0 Å². The standard InChI is InChI=1S/C8H13N3O4S/c1-2-16(14,15)10-3-4-11-5-7(8(12)13)9-6-11/h5-6,10H,2-4H2,1H3,(H,12,13). The van der Waals surface area contributed by atoms with Crippen molar-refractivity contribution in [3.05, 3.63) is 18.2 Å². The van der Waals surface area contributed by atoms with Crippen LogP contribution >= 0.6 is 0 Å². The van der Waals surface area contributed by atoms with Crippen molar-refractivity contribution in [2.75, 3.05) is 12.3 Å². The van der Waals surface area contributed by atoms with Gasteiger partial charge in [-0.1, -0.05) is 0 Å². The highest BCUT2D eigenvalue weighted by Gasteiger charge is 2.07. The summed E-state index contributed by atoms with van der Waals surface area (Å²) in [6.07, 6.45) is 2.70. The van der Waals surface area contributed by atoms with Crippen molar-refractivity contribution in [1.29, 1.82) is 0 Å². The lowest BCUT2D eigenvalue weighted by molar-refractivity contribution is 0.0691. The van der Waals surface area contributed by atoms with Gasteiger partial charge in [0, 0.05) is 19.3 Å². The van der Waals surface area contributed by atoms with Crippen molar-refractivity contribution < 1.29 is 18.3 Å². The Balaban J connectivity index is 2.46. The molecule has 0 unspecified atom stereocenters. The number of imidazole rings is 1. The zero-order chi connectivity index (χ0) is 12.2. The smallest absolute Gasteiger partial charge is 0.356 e. The molecule has 0 saturated carbocycles. The van der Waals surface area contributed by atoms with E-state index >= 15 is 0 Å². The van der Waals surface area contributed by atoms with E-state index in [1.807, 2.05) is 0 Å². The molecule has 7 nitrogen and oxygen atoms in total. The molecule has 0 radical (unpaired) electrons. The summed E-state index contributed by atoms with van der Waals surface area (Å²) in [7, 11) is -3.20. The molecule has 16 heavy (non-hydrogen) atoms. The molecular formula is C8H13N3O4S. The van der Waals surface area contributed by atoms with E-state index in [9.17, 15) is 13.2 Å². The number of rotatable bonds is 6. The van der Waals surface area contributed by atoms with Crippen LogP contribution in [0.4, 0.5) is 0 Å². The van der Waals surface area contributed by atoms with Crippen molar-refractivity contribution >= 4 is 16.0 Å². The van der Waals surface area contributed by atoms with Crippen LogP contribution in [0, 0.1) is 0 Å². The molecule has 1 heterocycles. The van der Waals surface area contributed by atoms with Gasteiger partial charge in [0.05, 0.1) is 12.1 Å². The summed E-state index contributed by atoms with van der Waals surface area (Å²) in [6.45, 7) is 2.10. The van der Waals surface area contributed by atoms with Gasteiger partial charge in [-0.15, -0.1) is 0 Å². The molecule has 0 spiro atoms. The van der Waals surface area contributed by atoms with Gasteiger partial charge in [0.15, 0.2) is 5.69 Å². The molecular weight excluding hydrogens is 234 g/mol. The zero-order valence-corrected chi connectivity index (χ0v) is 9.57. The van der Waals surface area contributed by atoms with Gasteiger partial charge in [-0.2, -0.15) is 0 Å². The average molecular weight is 247 g/mol. The molecule has 0 aliphatic carbocycles. The molecule has 0 atom stereocenters. The lowest BCUT2D eigenvalue weighted by Crippen LogP contribution is -2.28. The van der Waals surface area contributed by atoms with Gasteiger partial charge in [-0.25, -0.2) is 22.9 Å². The third-order valence-electron chi connectivity index (χ3n) is 1.92. The average Bonchev–Trinajstić information content (AvgIpc) is 2.66. The van der Waals surface area contributed by atoms with Crippen LogP contribution in [0.5, 0.6) is 0 Å². The highest BCUT2D eigenvalue weighted by Crippen LogP contribution is 1.95. The fraction of sp³-hybridized carbons (Fsp3) is 0.500. The molecule has 90 valence electrons. The number of hydrogen-bond donors (Lipinski definition) is 2. The molecule has 1 rings (SSSR count). The number of carbonyl (C=O) groups is 1. The van der Waals surface area contributed by atoms with E-state index in [0.717, 1.165) is 0 Å². The zero-order valence-electron chi connectivity index (χ0n) is 8.75. The van der Waals surface area contributed by atoms with Crippen LogP contribution in [-0.4, -0.2) is 41.3 Å². The summed E-state index contributed by atoms with van der Waals surface area (Å²) in [6, 6.07) is 0. The van der Waals surface area contributed by atoms with Crippen molar-refractivity contribution in [3.8, 4) is 0 Å². The van der Waals surface area contributed by atoms with Crippen molar-refractivity contribution in [1.82, 2.24) is 14.3 Å². The SMILES string of the molecule is CCS(=O)(=O)NCCn1cnc(C(=O)O)c1. The number of aromatic carboxylic acids is 1. The van der Waals surface area contributed by atoms with Gasteiger partial charge in [0.1, 0.15) is 0 Å². The first-order chi connectivity index (χ1) is 7.44. The minimum atomic E-state index is -3.20. The summed E-state index contributed by atoms with van der Waals surface area (Å²) in [5.74, 6) is -1.08. The molecule has 0 amide bonds. The maximum absolute atomic E-state index is 11.1. The van der Waals surface area contributed by atoms with Crippen LogP contribution < -0.4 is 4.72 Å². The van der Waals surface area contributed by atoms with Crippen LogP contribution in [0.1, 0.15) is 17.4 Å².